The van der Waals surface area contributed by atoms with Crippen LogP contribution in [-0.4, -0.2) is 12.1 Å². The van der Waals surface area contributed by atoms with Crippen LogP contribution >= 0.6 is 0 Å². The first-order chi connectivity index (χ1) is 9.28. The van der Waals surface area contributed by atoms with Crippen molar-refractivity contribution in [3.63, 3.8) is 0 Å². The lowest BCUT2D eigenvalue weighted by Gasteiger charge is -2.07. The van der Waals surface area contributed by atoms with Crippen LogP contribution in [0.15, 0.2) is 54.6 Å². The van der Waals surface area contributed by atoms with Crippen LogP contribution in [0.3, 0.4) is 0 Å². The van der Waals surface area contributed by atoms with E-state index in [9.17, 15) is 0 Å². The van der Waals surface area contributed by atoms with Crippen molar-refractivity contribution in [3.8, 4) is 17.0 Å². The van der Waals surface area contributed by atoms with Gasteiger partial charge >= 0.3 is 0 Å². The molecular formula is C16H14N2O. The molecule has 3 nitrogen and oxygen atoms in total. The van der Waals surface area contributed by atoms with E-state index in [0.29, 0.717) is 5.82 Å². The Kier molecular flexibility index (Phi) is 2.80. The van der Waals surface area contributed by atoms with Crippen molar-refractivity contribution >= 4 is 16.6 Å². The SMILES string of the molecule is COc1cccc(-c2cc3ccccc3c(N)n2)c1. The van der Waals surface area contributed by atoms with E-state index in [4.69, 9.17) is 10.5 Å². The van der Waals surface area contributed by atoms with E-state index < -0.39 is 0 Å². The van der Waals surface area contributed by atoms with E-state index in [1.54, 1.807) is 7.11 Å². The maximum Gasteiger partial charge on any atom is 0.131 e. The highest BCUT2D eigenvalue weighted by Crippen LogP contribution is 2.27. The molecular weight excluding hydrogens is 236 g/mol. The van der Waals surface area contributed by atoms with Crippen molar-refractivity contribution < 1.29 is 4.74 Å². The zero-order valence-electron chi connectivity index (χ0n) is 10.6. The minimum Gasteiger partial charge on any atom is -0.497 e. The monoisotopic (exact) mass is 250 g/mol. The number of nitrogens with zero attached hydrogens (tertiary/aromatic N) is 1. The van der Waals surface area contributed by atoms with Gasteiger partial charge < -0.3 is 10.5 Å². The van der Waals surface area contributed by atoms with Crippen molar-refractivity contribution in [1.29, 1.82) is 0 Å². The molecule has 0 aliphatic carbocycles. The van der Waals surface area contributed by atoms with Crippen LogP contribution in [0.25, 0.3) is 22.0 Å². The van der Waals surface area contributed by atoms with Crippen molar-refractivity contribution in [3.05, 3.63) is 54.6 Å². The normalized spacial score (nSPS) is 10.6. The van der Waals surface area contributed by atoms with Crippen LogP contribution in [0, 0.1) is 0 Å². The van der Waals surface area contributed by atoms with Crippen LogP contribution in [0.2, 0.25) is 0 Å². The number of methoxy groups -OCH3 is 1. The Hall–Kier alpha value is -2.55. The van der Waals surface area contributed by atoms with Crippen LogP contribution in [-0.2, 0) is 0 Å². The van der Waals surface area contributed by atoms with Crippen LogP contribution in [0.1, 0.15) is 0 Å². The first kappa shape index (κ1) is 11.5. The van der Waals surface area contributed by atoms with Gasteiger partial charge in [-0.1, -0.05) is 36.4 Å². The number of aromatic nitrogens is 1. The smallest absolute Gasteiger partial charge is 0.131 e. The summed E-state index contributed by atoms with van der Waals surface area (Å²) in [6, 6.07) is 17.8. The molecule has 0 radical (unpaired) electrons. The number of pyridine rings is 1. The highest BCUT2D eigenvalue weighted by Gasteiger charge is 2.05. The Morgan fingerprint density at radius 2 is 1.84 bits per heavy atom. The highest BCUT2D eigenvalue weighted by atomic mass is 16.5. The molecule has 0 saturated carbocycles. The summed E-state index contributed by atoms with van der Waals surface area (Å²) in [6.45, 7) is 0. The third kappa shape index (κ3) is 2.10. The molecule has 0 amide bonds. The Morgan fingerprint density at radius 3 is 2.68 bits per heavy atom. The third-order valence-electron chi connectivity index (χ3n) is 3.14. The summed E-state index contributed by atoms with van der Waals surface area (Å²) in [4.78, 5) is 4.47. The van der Waals surface area contributed by atoms with Gasteiger partial charge in [0, 0.05) is 10.9 Å². The van der Waals surface area contributed by atoms with Crippen LogP contribution in [0.5, 0.6) is 5.75 Å². The zero-order chi connectivity index (χ0) is 13.2. The highest BCUT2D eigenvalue weighted by molar-refractivity contribution is 5.93. The predicted molar refractivity (Wildman–Crippen MR) is 78.1 cm³/mol. The lowest BCUT2D eigenvalue weighted by atomic mass is 10.1. The first-order valence-corrected chi connectivity index (χ1v) is 6.07. The van der Waals surface area contributed by atoms with Crippen molar-refractivity contribution in [2.24, 2.45) is 0 Å². The summed E-state index contributed by atoms with van der Waals surface area (Å²) >= 11 is 0. The second-order valence-electron chi connectivity index (χ2n) is 4.35. The van der Waals surface area contributed by atoms with Crippen molar-refractivity contribution in [1.82, 2.24) is 4.98 Å². The summed E-state index contributed by atoms with van der Waals surface area (Å²) in [7, 11) is 1.65. The molecule has 0 unspecified atom stereocenters. The minimum atomic E-state index is 0.552. The number of nitrogens with two attached hydrogens (primary N) is 1. The number of hydrogen-bond donors (Lipinski definition) is 1. The second kappa shape index (κ2) is 4.61. The number of rotatable bonds is 2. The van der Waals surface area contributed by atoms with E-state index in [1.807, 2.05) is 54.6 Å². The molecule has 94 valence electrons. The Bertz CT molecular complexity index is 738. The number of benzene rings is 2. The standard InChI is InChI=1S/C16H14N2O/c1-19-13-7-4-6-12(9-13)15-10-11-5-2-3-8-14(11)16(17)18-15/h2-10H,1H3,(H2,17,18). The molecule has 0 spiro atoms. The van der Waals surface area contributed by atoms with E-state index in [1.165, 1.54) is 0 Å². The average Bonchev–Trinajstić information content (AvgIpc) is 2.47. The lowest BCUT2D eigenvalue weighted by molar-refractivity contribution is 0.415. The Balaban J connectivity index is 2.19. The van der Waals surface area contributed by atoms with Gasteiger partial charge in [0.1, 0.15) is 11.6 Å². The number of nitrogen functional groups attached to an aromatic ring is 1. The molecule has 0 aliphatic rings. The van der Waals surface area contributed by atoms with E-state index >= 15 is 0 Å². The summed E-state index contributed by atoms with van der Waals surface area (Å²) < 4.78 is 5.24. The molecule has 1 heterocycles. The minimum absolute atomic E-state index is 0.552. The maximum absolute atomic E-state index is 6.02. The molecule has 0 bridgehead atoms. The molecule has 0 atom stereocenters. The van der Waals surface area contributed by atoms with Crippen LogP contribution < -0.4 is 10.5 Å². The number of ether oxygens (including phenoxy) is 1. The quantitative estimate of drug-likeness (QED) is 0.757. The maximum atomic E-state index is 6.02. The lowest BCUT2D eigenvalue weighted by Crippen LogP contribution is -1.94. The molecule has 0 aliphatic heterocycles. The summed E-state index contributed by atoms with van der Waals surface area (Å²) in [5, 5.41) is 2.07. The fraction of sp³-hybridized carbons (Fsp3) is 0.0625. The molecule has 0 saturated heterocycles. The van der Waals surface area contributed by atoms with Crippen molar-refractivity contribution in [2.45, 2.75) is 0 Å². The largest absolute Gasteiger partial charge is 0.497 e. The molecule has 3 heteroatoms. The van der Waals surface area contributed by atoms with Gasteiger partial charge in [-0.3, -0.25) is 0 Å². The molecule has 1 aromatic heterocycles. The van der Waals surface area contributed by atoms with E-state index in [2.05, 4.69) is 4.98 Å². The number of anilines is 1. The molecule has 2 N–H and O–H groups in total. The third-order valence-corrected chi connectivity index (χ3v) is 3.14. The topological polar surface area (TPSA) is 48.1 Å². The summed E-state index contributed by atoms with van der Waals surface area (Å²) in [5.74, 6) is 1.36. The average molecular weight is 250 g/mol. The summed E-state index contributed by atoms with van der Waals surface area (Å²) in [5.41, 5.74) is 7.88. The summed E-state index contributed by atoms with van der Waals surface area (Å²) in [6.07, 6.45) is 0. The van der Waals surface area contributed by atoms with Gasteiger partial charge in [0.15, 0.2) is 0 Å². The van der Waals surface area contributed by atoms with E-state index in [0.717, 1.165) is 27.8 Å². The molecule has 2 aromatic carbocycles. The molecule has 3 aromatic rings. The fourth-order valence-corrected chi connectivity index (χ4v) is 2.16. The molecule has 0 fully saturated rings. The first-order valence-electron chi connectivity index (χ1n) is 6.07. The Morgan fingerprint density at radius 1 is 1.00 bits per heavy atom. The Labute approximate surface area is 111 Å². The number of hydrogen-bond acceptors (Lipinski definition) is 3. The van der Waals surface area contributed by atoms with Gasteiger partial charge in [-0.2, -0.15) is 0 Å². The zero-order valence-corrected chi connectivity index (χ0v) is 10.6. The fourth-order valence-electron chi connectivity index (χ4n) is 2.16. The predicted octanol–water partition coefficient (Wildman–Crippen LogP) is 3.49. The van der Waals surface area contributed by atoms with Gasteiger partial charge in [0.25, 0.3) is 0 Å². The number of fused-ring (bicyclic) bond motifs is 1. The molecule has 19 heavy (non-hydrogen) atoms. The van der Waals surface area contributed by atoms with Gasteiger partial charge in [-0.15, -0.1) is 0 Å². The second-order valence-corrected chi connectivity index (χ2v) is 4.35. The van der Waals surface area contributed by atoms with E-state index in [-0.39, 0.29) is 0 Å². The van der Waals surface area contributed by atoms with Gasteiger partial charge in [0.2, 0.25) is 0 Å². The van der Waals surface area contributed by atoms with Gasteiger partial charge in [-0.25, -0.2) is 4.98 Å². The van der Waals surface area contributed by atoms with Crippen LogP contribution in [0.4, 0.5) is 5.82 Å². The van der Waals surface area contributed by atoms with Gasteiger partial charge in [0.05, 0.1) is 12.8 Å². The van der Waals surface area contributed by atoms with Gasteiger partial charge in [-0.05, 0) is 23.6 Å². The van der Waals surface area contributed by atoms with Crippen molar-refractivity contribution in [2.75, 3.05) is 12.8 Å². The molecule has 3 rings (SSSR count).